The Kier molecular flexibility index (Phi) is 12.6. The van der Waals surface area contributed by atoms with Crippen molar-refractivity contribution in [2.75, 3.05) is 0 Å². The summed E-state index contributed by atoms with van der Waals surface area (Å²) in [5, 5.41) is 0. The molecule has 0 aliphatic heterocycles. The molecule has 0 N–H and O–H groups in total. The van der Waals surface area contributed by atoms with Crippen molar-refractivity contribution < 1.29 is 4.79 Å². The Morgan fingerprint density at radius 2 is 1.40 bits per heavy atom. The van der Waals surface area contributed by atoms with Crippen molar-refractivity contribution in [2.24, 2.45) is 0 Å². The average molecular weight is 138 g/mol. The lowest BCUT2D eigenvalue weighted by atomic mass is 10.4. The molecule has 0 saturated carbocycles. The quantitative estimate of drug-likeness (QED) is 0.332. The van der Waals surface area contributed by atoms with Crippen molar-refractivity contribution >= 4 is 6.29 Å². The van der Waals surface area contributed by atoms with Gasteiger partial charge >= 0.3 is 0 Å². The molecule has 0 saturated heterocycles. The Balaban J connectivity index is 0. The normalized spacial score (nSPS) is 10.9. The first-order valence-corrected chi connectivity index (χ1v) is 2.81. The fourth-order valence-electron chi connectivity index (χ4n) is 0.349. The largest absolute Gasteiger partial charge is 0.299 e. The molecule has 0 bridgehead atoms. The number of carbonyl (C=O) groups excluding carboxylic acids is 1. The molecule has 0 amide bonds. The van der Waals surface area contributed by atoms with Gasteiger partial charge in [-0.2, -0.15) is 0 Å². The van der Waals surface area contributed by atoms with E-state index in [4.69, 9.17) is 0 Å². The summed E-state index contributed by atoms with van der Waals surface area (Å²) >= 11 is 0. The molecule has 0 fully saturated rings. The molecule has 56 valence electrons. The number of carbonyl (C=O) groups is 1. The minimum atomic E-state index is 0. The van der Waals surface area contributed by atoms with Gasteiger partial charge in [-0.05, 0) is 13.0 Å². The topological polar surface area (TPSA) is 17.1 Å². The number of hydrogen-bond acceptors (Lipinski definition) is 1. The van der Waals surface area contributed by atoms with Gasteiger partial charge < -0.3 is 0 Å². The summed E-state index contributed by atoms with van der Waals surface area (Å²) in [5.74, 6) is 0. The maximum Gasteiger partial charge on any atom is 0.142 e. The monoisotopic (exact) mass is 138 g/mol. The highest BCUT2D eigenvalue weighted by Gasteiger charge is 1.59. The van der Waals surface area contributed by atoms with E-state index in [0.717, 1.165) is 6.29 Å². The molecule has 0 spiro atoms. The van der Waals surface area contributed by atoms with E-state index in [1.54, 1.807) is 12.2 Å². The summed E-state index contributed by atoms with van der Waals surface area (Å²) in [6.07, 6.45) is 11.4. The zero-order chi connectivity index (χ0) is 6.95. The van der Waals surface area contributed by atoms with Crippen molar-refractivity contribution in [3.8, 4) is 0 Å². The first kappa shape index (κ1) is 11.7. The summed E-state index contributed by atoms with van der Waals surface area (Å²) < 4.78 is 0. The fraction of sp³-hybridized carbons (Fsp3) is 0.222. The van der Waals surface area contributed by atoms with Crippen LogP contribution >= 0.6 is 0 Å². The number of allylic oxidation sites excluding steroid dienone is 6. The molecule has 0 aliphatic carbocycles. The van der Waals surface area contributed by atoms with Gasteiger partial charge in [0.05, 0.1) is 0 Å². The second-order valence-electron chi connectivity index (χ2n) is 1.43. The van der Waals surface area contributed by atoms with Gasteiger partial charge in [0.15, 0.2) is 0 Å². The molecular formula is C9H14O. The highest BCUT2D eigenvalue weighted by Crippen LogP contribution is 1.77. The van der Waals surface area contributed by atoms with E-state index in [1.807, 2.05) is 25.2 Å². The molecular weight excluding hydrogens is 124 g/mol. The van der Waals surface area contributed by atoms with Gasteiger partial charge in [0.25, 0.3) is 0 Å². The van der Waals surface area contributed by atoms with Crippen LogP contribution in [0.4, 0.5) is 0 Å². The van der Waals surface area contributed by atoms with Gasteiger partial charge in [-0.1, -0.05) is 37.8 Å². The number of hydrogen-bond donors (Lipinski definition) is 0. The molecule has 0 aromatic rings. The third-order valence-electron chi connectivity index (χ3n) is 0.715. The van der Waals surface area contributed by atoms with Crippen LogP contribution in [0.5, 0.6) is 0 Å². The van der Waals surface area contributed by atoms with Crippen LogP contribution in [0.2, 0.25) is 0 Å². The van der Waals surface area contributed by atoms with Crippen molar-refractivity contribution in [2.45, 2.75) is 14.4 Å². The molecule has 0 aromatic heterocycles. The van der Waals surface area contributed by atoms with Crippen LogP contribution in [-0.2, 0) is 4.79 Å². The smallest absolute Gasteiger partial charge is 0.142 e. The Morgan fingerprint density at radius 1 is 0.900 bits per heavy atom. The first-order chi connectivity index (χ1) is 4.41. The van der Waals surface area contributed by atoms with Gasteiger partial charge in [0.2, 0.25) is 0 Å². The number of rotatable bonds is 3. The van der Waals surface area contributed by atoms with Crippen molar-refractivity contribution in [3.63, 3.8) is 0 Å². The molecule has 1 nitrogen and oxygen atoms in total. The average Bonchev–Trinajstić information content (AvgIpc) is 1.89. The Hall–Kier alpha value is -1.11. The third-order valence-corrected chi connectivity index (χ3v) is 0.715. The minimum absolute atomic E-state index is 0. The predicted molar refractivity (Wildman–Crippen MR) is 45.9 cm³/mol. The second-order valence-corrected chi connectivity index (χ2v) is 1.43. The third kappa shape index (κ3) is 10.00. The zero-order valence-corrected chi connectivity index (χ0v) is 5.45. The molecule has 0 atom stereocenters. The van der Waals surface area contributed by atoms with Crippen LogP contribution < -0.4 is 0 Å². The number of aldehydes is 1. The lowest BCUT2D eigenvalue weighted by Crippen LogP contribution is -1.55. The van der Waals surface area contributed by atoms with E-state index in [0.29, 0.717) is 0 Å². The fourth-order valence-corrected chi connectivity index (χ4v) is 0.349. The molecule has 0 radical (unpaired) electrons. The van der Waals surface area contributed by atoms with Gasteiger partial charge in [0.1, 0.15) is 6.29 Å². The Labute approximate surface area is 62.8 Å². The molecule has 0 aliphatic rings. The zero-order valence-electron chi connectivity index (χ0n) is 5.45. The summed E-state index contributed by atoms with van der Waals surface area (Å²) in [6.45, 7) is 1.94. The van der Waals surface area contributed by atoms with Crippen LogP contribution in [0.1, 0.15) is 14.4 Å². The summed E-state index contributed by atoms with van der Waals surface area (Å²) in [5.41, 5.74) is 0. The van der Waals surface area contributed by atoms with Crippen LogP contribution in [0.25, 0.3) is 0 Å². The highest BCUT2D eigenvalue weighted by molar-refractivity contribution is 5.65. The molecule has 0 heterocycles. The van der Waals surface area contributed by atoms with Crippen molar-refractivity contribution in [1.29, 1.82) is 0 Å². The maximum absolute atomic E-state index is 9.70. The minimum Gasteiger partial charge on any atom is -0.299 e. The Bertz CT molecular complexity index is 141. The molecule has 0 rings (SSSR count). The van der Waals surface area contributed by atoms with E-state index in [-0.39, 0.29) is 7.43 Å². The Morgan fingerprint density at radius 3 is 1.90 bits per heavy atom. The van der Waals surface area contributed by atoms with Crippen molar-refractivity contribution in [3.05, 3.63) is 36.5 Å². The van der Waals surface area contributed by atoms with E-state index in [2.05, 4.69) is 0 Å². The van der Waals surface area contributed by atoms with E-state index >= 15 is 0 Å². The van der Waals surface area contributed by atoms with Crippen molar-refractivity contribution in [1.82, 2.24) is 0 Å². The van der Waals surface area contributed by atoms with E-state index in [1.165, 1.54) is 6.08 Å². The SMILES string of the molecule is C.CC=CC=CC=CC=O. The standard InChI is InChI=1S/C8H10O.CH4/c1-2-3-4-5-6-7-8-9;/h2-8H,1H3;1H4. The van der Waals surface area contributed by atoms with Gasteiger partial charge in [-0.3, -0.25) is 4.79 Å². The second kappa shape index (κ2) is 10.8. The lowest BCUT2D eigenvalue weighted by Gasteiger charge is -1.68. The highest BCUT2D eigenvalue weighted by atomic mass is 16.1. The van der Waals surface area contributed by atoms with Gasteiger partial charge in [-0.15, -0.1) is 0 Å². The van der Waals surface area contributed by atoms with Crippen LogP contribution in [0, 0.1) is 0 Å². The molecule has 10 heavy (non-hydrogen) atoms. The van der Waals surface area contributed by atoms with Crippen LogP contribution in [0.3, 0.4) is 0 Å². The van der Waals surface area contributed by atoms with E-state index in [9.17, 15) is 4.79 Å². The van der Waals surface area contributed by atoms with Gasteiger partial charge in [-0.25, -0.2) is 0 Å². The van der Waals surface area contributed by atoms with Gasteiger partial charge in [0, 0.05) is 0 Å². The molecule has 1 heteroatoms. The lowest BCUT2D eigenvalue weighted by molar-refractivity contribution is -0.104. The van der Waals surface area contributed by atoms with Crippen LogP contribution in [0.15, 0.2) is 36.5 Å². The summed E-state index contributed by atoms with van der Waals surface area (Å²) in [4.78, 5) is 9.70. The van der Waals surface area contributed by atoms with Crippen LogP contribution in [-0.4, -0.2) is 6.29 Å². The maximum atomic E-state index is 9.70. The molecule has 0 aromatic carbocycles. The summed E-state index contributed by atoms with van der Waals surface area (Å²) in [6, 6.07) is 0. The predicted octanol–water partition coefficient (Wildman–Crippen LogP) is 2.51. The molecule has 0 unspecified atom stereocenters. The first-order valence-electron chi connectivity index (χ1n) is 2.81. The van der Waals surface area contributed by atoms with E-state index < -0.39 is 0 Å². The summed E-state index contributed by atoms with van der Waals surface area (Å²) in [7, 11) is 0.